The van der Waals surface area contributed by atoms with Crippen molar-refractivity contribution in [2.24, 2.45) is 0 Å². The summed E-state index contributed by atoms with van der Waals surface area (Å²) in [5.74, 6) is 1.08. The Labute approximate surface area is 146 Å². The molecule has 1 aromatic carbocycles. The lowest BCUT2D eigenvalue weighted by molar-refractivity contribution is 0.167. The Morgan fingerprint density at radius 2 is 1.88 bits per heavy atom. The maximum atomic E-state index is 12.7. The molecule has 0 amide bonds. The van der Waals surface area contributed by atoms with Gasteiger partial charge in [0.1, 0.15) is 0 Å². The van der Waals surface area contributed by atoms with Crippen LogP contribution in [-0.4, -0.2) is 54.0 Å². The van der Waals surface area contributed by atoms with Gasteiger partial charge in [-0.25, -0.2) is 8.42 Å². The molecular weight excluding hydrogens is 352 g/mol. The zero-order valence-corrected chi connectivity index (χ0v) is 15.1. The SMILES string of the molecule is Cc1nnc(CN2CCN(S(=O)(=O)c3ccc(C)c(Cl)c3)CC2)o1. The average Bonchev–Trinajstić information content (AvgIpc) is 2.95. The Bertz CT molecular complexity index is 829. The monoisotopic (exact) mass is 370 g/mol. The predicted octanol–water partition coefficient (Wildman–Crippen LogP) is 1.85. The van der Waals surface area contributed by atoms with Crippen LogP contribution < -0.4 is 0 Å². The van der Waals surface area contributed by atoms with E-state index in [1.807, 2.05) is 6.92 Å². The van der Waals surface area contributed by atoms with Crippen molar-refractivity contribution in [1.29, 1.82) is 0 Å². The van der Waals surface area contributed by atoms with Crippen LogP contribution in [0.3, 0.4) is 0 Å². The molecule has 0 atom stereocenters. The van der Waals surface area contributed by atoms with Crippen molar-refractivity contribution in [2.75, 3.05) is 26.2 Å². The molecule has 0 unspecified atom stereocenters. The number of benzene rings is 1. The van der Waals surface area contributed by atoms with Crippen LogP contribution in [0.4, 0.5) is 0 Å². The van der Waals surface area contributed by atoms with Gasteiger partial charge >= 0.3 is 0 Å². The molecule has 0 radical (unpaired) electrons. The van der Waals surface area contributed by atoms with Crippen LogP contribution in [0.2, 0.25) is 5.02 Å². The second-order valence-corrected chi connectivity index (χ2v) is 8.15. The van der Waals surface area contributed by atoms with Gasteiger partial charge in [0, 0.05) is 38.1 Å². The number of aromatic nitrogens is 2. The molecule has 0 N–H and O–H groups in total. The van der Waals surface area contributed by atoms with Crippen molar-refractivity contribution in [3.63, 3.8) is 0 Å². The van der Waals surface area contributed by atoms with Crippen LogP contribution in [0.1, 0.15) is 17.3 Å². The molecule has 2 aromatic rings. The largest absolute Gasteiger partial charge is 0.424 e. The van der Waals surface area contributed by atoms with Crippen molar-refractivity contribution < 1.29 is 12.8 Å². The fourth-order valence-electron chi connectivity index (χ4n) is 2.60. The lowest BCUT2D eigenvalue weighted by Crippen LogP contribution is -2.48. The molecule has 0 spiro atoms. The zero-order chi connectivity index (χ0) is 17.3. The maximum absolute atomic E-state index is 12.7. The van der Waals surface area contributed by atoms with Crippen LogP contribution in [0.15, 0.2) is 27.5 Å². The Balaban J connectivity index is 1.65. The normalized spacial score (nSPS) is 17.3. The van der Waals surface area contributed by atoms with Crippen LogP contribution in [-0.2, 0) is 16.6 Å². The molecule has 7 nitrogen and oxygen atoms in total. The third-order valence-corrected chi connectivity index (χ3v) is 6.34. The molecule has 130 valence electrons. The zero-order valence-electron chi connectivity index (χ0n) is 13.6. The first kappa shape index (κ1) is 17.3. The van der Waals surface area contributed by atoms with E-state index in [9.17, 15) is 8.42 Å². The van der Waals surface area contributed by atoms with E-state index < -0.39 is 10.0 Å². The molecule has 0 aliphatic carbocycles. The van der Waals surface area contributed by atoms with E-state index in [1.54, 1.807) is 19.1 Å². The Kier molecular flexibility index (Phi) is 4.91. The second-order valence-electron chi connectivity index (χ2n) is 5.81. The average molecular weight is 371 g/mol. The van der Waals surface area contributed by atoms with Crippen LogP contribution in [0, 0.1) is 13.8 Å². The van der Waals surface area contributed by atoms with Crippen LogP contribution in [0.25, 0.3) is 0 Å². The van der Waals surface area contributed by atoms with E-state index in [0.717, 1.165) is 5.56 Å². The Morgan fingerprint density at radius 1 is 1.17 bits per heavy atom. The van der Waals surface area contributed by atoms with Gasteiger partial charge in [-0.05, 0) is 24.6 Å². The second kappa shape index (κ2) is 6.79. The standard InChI is InChI=1S/C15H19ClN4O3S/c1-11-3-4-13(9-14(11)16)24(21,22)20-7-5-19(6-8-20)10-15-18-17-12(2)23-15/h3-4,9H,5-8,10H2,1-2H3. The fraction of sp³-hybridized carbons (Fsp3) is 0.467. The highest BCUT2D eigenvalue weighted by molar-refractivity contribution is 7.89. The molecule has 1 aliphatic rings. The van der Waals surface area contributed by atoms with Gasteiger partial charge in [-0.1, -0.05) is 17.7 Å². The lowest BCUT2D eigenvalue weighted by Gasteiger charge is -2.33. The first-order valence-electron chi connectivity index (χ1n) is 7.64. The van der Waals surface area contributed by atoms with E-state index in [1.165, 1.54) is 10.4 Å². The molecule has 0 bridgehead atoms. The molecule has 3 rings (SSSR count). The minimum Gasteiger partial charge on any atom is -0.424 e. The highest BCUT2D eigenvalue weighted by atomic mass is 35.5. The summed E-state index contributed by atoms with van der Waals surface area (Å²) in [6, 6.07) is 4.84. The van der Waals surface area contributed by atoms with E-state index in [4.69, 9.17) is 16.0 Å². The summed E-state index contributed by atoms with van der Waals surface area (Å²) in [5.41, 5.74) is 0.857. The van der Waals surface area contributed by atoms with E-state index >= 15 is 0 Å². The number of nitrogens with zero attached hydrogens (tertiary/aromatic N) is 4. The smallest absolute Gasteiger partial charge is 0.243 e. The number of aryl methyl sites for hydroxylation is 2. The summed E-state index contributed by atoms with van der Waals surface area (Å²) in [5, 5.41) is 8.23. The molecule has 1 fully saturated rings. The van der Waals surface area contributed by atoms with E-state index in [0.29, 0.717) is 49.5 Å². The summed E-state index contributed by atoms with van der Waals surface area (Å²) in [7, 11) is -3.52. The quantitative estimate of drug-likeness (QED) is 0.817. The fourth-order valence-corrected chi connectivity index (χ4v) is 4.30. The lowest BCUT2D eigenvalue weighted by atomic mass is 10.2. The van der Waals surface area contributed by atoms with Gasteiger partial charge in [0.15, 0.2) is 0 Å². The van der Waals surface area contributed by atoms with Gasteiger partial charge < -0.3 is 4.42 Å². The topological polar surface area (TPSA) is 79.5 Å². The third kappa shape index (κ3) is 3.61. The first-order chi connectivity index (χ1) is 11.4. The molecule has 9 heteroatoms. The minimum atomic E-state index is -3.52. The molecule has 24 heavy (non-hydrogen) atoms. The Hall–Kier alpha value is -1.48. The van der Waals surface area contributed by atoms with E-state index in [-0.39, 0.29) is 4.90 Å². The molecule has 1 aliphatic heterocycles. The molecule has 0 saturated carbocycles. The van der Waals surface area contributed by atoms with Crippen molar-refractivity contribution in [2.45, 2.75) is 25.3 Å². The van der Waals surface area contributed by atoms with Crippen molar-refractivity contribution in [1.82, 2.24) is 19.4 Å². The number of piperazine rings is 1. The minimum absolute atomic E-state index is 0.235. The molecular formula is C15H19ClN4O3S. The summed E-state index contributed by atoms with van der Waals surface area (Å²) < 4.78 is 32.3. The van der Waals surface area contributed by atoms with Crippen molar-refractivity contribution in [3.8, 4) is 0 Å². The van der Waals surface area contributed by atoms with Crippen molar-refractivity contribution in [3.05, 3.63) is 40.6 Å². The van der Waals surface area contributed by atoms with Crippen molar-refractivity contribution >= 4 is 21.6 Å². The summed E-state index contributed by atoms with van der Waals surface area (Å²) >= 11 is 6.06. The van der Waals surface area contributed by atoms with Crippen LogP contribution in [0.5, 0.6) is 0 Å². The van der Waals surface area contributed by atoms with E-state index in [2.05, 4.69) is 15.1 Å². The van der Waals surface area contributed by atoms with Gasteiger partial charge in [-0.2, -0.15) is 4.31 Å². The molecule has 2 heterocycles. The maximum Gasteiger partial charge on any atom is 0.243 e. The van der Waals surface area contributed by atoms with Gasteiger partial charge in [0.05, 0.1) is 11.4 Å². The third-order valence-electron chi connectivity index (χ3n) is 4.04. The summed E-state index contributed by atoms with van der Waals surface area (Å²) in [4.78, 5) is 2.33. The first-order valence-corrected chi connectivity index (χ1v) is 9.46. The summed E-state index contributed by atoms with van der Waals surface area (Å²) in [6.45, 7) is 6.18. The number of halogens is 1. The molecule has 1 aromatic heterocycles. The van der Waals surface area contributed by atoms with Gasteiger partial charge in [-0.3, -0.25) is 4.90 Å². The molecule has 1 saturated heterocycles. The highest BCUT2D eigenvalue weighted by Crippen LogP contribution is 2.23. The highest BCUT2D eigenvalue weighted by Gasteiger charge is 2.29. The van der Waals surface area contributed by atoms with Crippen LogP contribution >= 0.6 is 11.6 Å². The summed E-state index contributed by atoms with van der Waals surface area (Å²) in [6.07, 6.45) is 0. The Morgan fingerprint density at radius 3 is 2.46 bits per heavy atom. The number of rotatable bonds is 4. The van der Waals surface area contributed by atoms with Gasteiger partial charge in [0.25, 0.3) is 0 Å². The number of hydrogen-bond acceptors (Lipinski definition) is 6. The van der Waals surface area contributed by atoms with Gasteiger partial charge in [0.2, 0.25) is 21.8 Å². The van der Waals surface area contributed by atoms with Gasteiger partial charge in [-0.15, -0.1) is 10.2 Å². The number of hydrogen-bond donors (Lipinski definition) is 0. The predicted molar refractivity (Wildman–Crippen MR) is 89.3 cm³/mol. The number of sulfonamides is 1.